The number of rotatable bonds is 55. The number of nitriles is 2. The van der Waals surface area contributed by atoms with E-state index >= 15 is 0 Å². The molecular weight excluding hydrogens is 1440 g/mol. The molecule has 1 aromatic heterocycles. The van der Waals surface area contributed by atoms with Gasteiger partial charge in [0.05, 0.1) is 43.4 Å². The van der Waals surface area contributed by atoms with Crippen LogP contribution in [0.15, 0.2) is 17.1 Å². The van der Waals surface area contributed by atoms with Crippen molar-refractivity contribution < 1.29 is 73.8 Å². The van der Waals surface area contributed by atoms with Crippen molar-refractivity contribution in [1.29, 1.82) is 11.1 Å². The molecular formula is C64H113N11O17P2SSiSn. The van der Waals surface area contributed by atoms with Gasteiger partial charge < -0.3 is 36.3 Å². The van der Waals surface area contributed by atoms with Gasteiger partial charge in [-0.1, -0.05) is 59.8 Å². The maximum absolute atomic E-state index is 14.5. The third-order valence-corrected chi connectivity index (χ3v) is 25.5. The van der Waals surface area contributed by atoms with Crippen molar-refractivity contribution in [3.05, 3.63) is 22.7 Å². The minimum atomic E-state index is -4.64. The first-order valence-electron chi connectivity index (χ1n) is 36.2. The molecule has 1 aromatic rings. The second-order valence-electron chi connectivity index (χ2n) is 26.3. The first kappa shape index (κ1) is 81.0. The van der Waals surface area contributed by atoms with Gasteiger partial charge in [0.1, 0.15) is 0 Å². The molecule has 0 saturated carbocycles. The number of carbonyl (C=O) groups is 4. The summed E-state index contributed by atoms with van der Waals surface area (Å²) in [7, 11) is -11.0. The van der Waals surface area contributed by atoms with Gasteiger partial charge in [0, 0.05) is 49.9 Å². The number of ether oxygens (including phenoxy) is 2. The number of amides is 5. The fraction of sp³-hybridized carbons (Fsp3) is 0.844. The fourth-order valence-electron chi connectivity index (χ4n) is 11.8. The Labute approximate surface area is 596 Å². The molecule has 13 unspecified atom stereocenters. The van der Waals surface area contributed by atoms with Crippen LogP contribution in [-0.4, -0.2) is 197 Å². The Balaban J connectivity index is 0.954. The zero-order valence-electron chi connectivity index (χ0n) is 60.3. The summed E-state index contributed by atoms with van der Waals surface area (Å²) in [6, 6.07) is 6.79. The Hall–Kier alpha value is -3.27. The molecule has 4 aliphatic heterocycles. The van der Waals surface area contributed by atoms with E-state index in [1.54, 1.807) is 6.07 Å². The predicted octanol–water partition coefficient (Wildman–Crippen LogP) is 8.86. The van der Waals surface area contributed by atoms with Gasteiger partial charge in [0.2, 0.25) is 17.7 Å². The topological polar surface area (TPSA) is 361 Å². The molecule has 4 saturated heterocycles. The number of thioether (sulfide) groups is 1. The van der Waals surface area contributed by atoms with E-state index in [-0.39, 0.29) is 93.5 Å². The second kappa shape index (κ2) is 45.7. The summed E-state index contributed by atoms with van der Waals surface area (Å²) in [5.41, 5.74) is -0.832. The van der Waals surface area contributed by atoms with E-state index in [0.717, 1.165) is 95.4 Å². The molecule has 4 fully saturated rings. The van der Waals surface area contributed by atoms with Gasteiger partial charge in [-0.15, -0.1) is 0 Å². The molecule has 0 aromatic carbocycles. The number of nitrogens with zero attached hydrogens (tertiary/aromatic N) is 4. The molecule has 97 heavy (non-hydrogen) atoms. The number of hydrogen-bond donors (Lipinski definition) is 7. The van der Waals surface area contributed by atoms with E-state index < -0.39 is 96.2 Å². The smallest absolute Gasteiger partial charge is 0.412 e. The van der Waals surface area contributed by atoms with Crippen LogP contribution in [0.3, 0.4) is 0 Å². The molecule has 13 atom stereocenters. The molecule has 33 heteroatoms. The number of phosphoric ester groups is 2. The molecule has 5 rings (SSSR count). The van der Waals surface area contributed by atoms with Crippen LogP contribution in [0.1, 0.15) is 183 Å². The van der Waals surface area contributed by atoms with Crippen LogP contribution >= 0.6 is 27.4 Å². The van der Waals surface area contributed by atoms with Crippen molar-refractivity contribution in [2.75, 3.05) is 90.0 Å². The molecule has 0 aliphatic carbocycles. The van der Waals surface area contributed by atoms with E-state index in [4.69, 9.17) is 46.1 Å². The Morgan fingerprint density at radius 1 is 0.804 bits per heavy atom. The number of anilines is 1. The number of phosphoric acid groups is 2. The summed E-state index contributed by atoms with van der Waals surface area (Å²) in [6.45, 7) is 16.6. The van der Waals surface area contributed by atoms with Crippen molar-refractivity contribution in [2.24, 2.45) is 11.8 Å². The summed E-state index contributed by atoms with van der Waals surface area (Å²) in [5.74, 6) is 2.10. The number of hydrogen-bond acceptors (Lipinski definition) is 23. The van der Waals surface area contributed by atoms with E-state index in [9.17, 15) is 43.6 Å². The summed E-state index contributed by atoms with van der Waals surface area (Å²) in [4.78, 5) is 66.3. The van der Waals surface area contributed by atoms with Crippen LogP contribution < -0.4 is 42.9 Å². The summed E-state index contributed by atoms with van der Waals surface area (Å²) in [5, 5.41) is 40.4. The zero-order valence-corrected chi connectivity index (χ0v) is 64.7. The third-order valence-electron chi connectivity index (χ3n) is 17.9. The summed E-state index contributed by atoms with van der Waals surface area (Å²) in [6.07, 6.45) is 9.31. The molecule has 550 valence electrons. The van der Waals surface area contributed by atoms with Gasteiger partial charge in [0.15, 0.2) is 8.32 Å². The summed E-state index contributed by atoms with van der Waals surface area (Å²) < 4.78 is 105. The molecule has 4 aliphatic rings. The van der Waals surface area contributed by atoms with Crippen molar-refractivity contribution in [3.8, 4) is 12.1 Å². The second-order valence-corrected chi connectivity index (χ2v) is 35.9. The Morgan fingerprint density at radius 2 is 1.40 bits per heavy atom. The molecule has 0 bridgehead atoms. The maximum atomic E-state index is 14.5. The van der Waals surface area contributed by atoms with Crippen LogP contribution in [0.5, 0.6) is 0 Å². The first-order valence-corrected chi connectivity index (χ1v) is 43.3. The van der Waals surface area contributed by atoms with E-state index in [2.05, 4.69) is 89.9 Å². The summed E-state index contributed by atoms with van der Waals surface area (Å²) >= 11 is -0.0985. The van der Waals surface area contributed by atoms with Gasteiger partial charge in [-0.3, -0.25) is 23.4 Å². The van der Waals surface area contributed by atoms with Crippen molar-refractivity contribution in [2.45, 2.75) is 249 Å². The minimum absolute atomic E-state index is 0.0142. The standard InChI is InChI=1S/C64H112N11O17P2SSi.Sn.H/c1-8-49(4)64(5,48(2)3)92-96(6,7)43-23-33-67-32-22-41-87-93(82,85-39-20-30-65)90-51-29-42-84-54(51)46-88-94(83,86-40-21-31-66)91-52-44-60(89-53(52)45-76)75-38-28-56(73-63(75)81)68-34-16-9-10-17-35-69-59(79)27-15-19-37-71-57(77)25-12-11-18-36-70-58(78)26-14-13-24-55-61-50(47-95-55)72-62(80)74-61;;/h28,38,48-55,60-61,67H,8-27,29,32-37,39-47H2,1-7H3,(H,69,79)(H,70,78)(H,71,77)(H,68,73,81)(H2,72,74,80);;/q-1;+1;/i42T;;1+2. The monoisotopic (exact) mass is 1550 g/mol. The quantitative estimate of drug-likeness (QED) is 0.0138. The van der Waals surface area contributed by atoms with Gasteiger partial charge in [-0.2, -0.15) is 17.0 Å². The fourth-order valence-corrected chi connectivity index (χ4v) is 19.4. The number of urea groups is 1. The van der Waals surface area contributed by atoms with E-state index in [1.807, 2.05) is 23.9 Å². The first-order chi connectivity index (χ1) is 47.4. The zero-order chi connectivity index (χ0) is 72.1. The molecule has 7 N–H and O–H groups in total. The molecule has 5 heterocycles. The van der Waals surface area contributed by atoms with Gasteiger partial charge in [-0.05, 0) is 109 Å². The Kier molecular flexibility index (Phi) is 38.1. The minimum Gasteiger partial charge on any atom is -0.412 e. The predicted molar refractivity (Wildman–Crippen MR) is 374 cm³/mol. The Bertz CT molecular complexity index is 2850. The van der Waals surface area contributed by atoms with E-state index in [1.165, 1.54) is 10.8 Å². The molecule has 5 amide bonds. The third kappa shape index (κ3) is 31.5. The van der Waals surface area contributed by atoms with Crippen molar-refractivity contribution in [3.63, 3.8) is 0 Å². The average molecular weight is 1550 g/mol. The van der Waals surface area contributed by atoms with Crippen molar-refractivity contribution in [1.82, 2.24) is 41.5 Å². The molecule has 2 radical (unpaired) electrons. The van der Waals surface area contributed by atoms with E-state index in [0.29, 0.717) is 94.2 Å². The normalized spacial score (nSPS) is 23.9. The molecule has 28 nitrogen and oxygen atoms in total. The van der Waals surface area contributed by atoms with Crippen LogP contribution in [0.4, 0.5) is 10.6 Å². The van der Waals surface area contributed by atoms with Crippen molar-refractivity contribution >= 4 is 88.0 Å². The van der Waals surface area contributed by atoms with Gasteiger partial charge >= 0.3 is 226 Å². The average Bonchev–Trinajstić information content (AvgIpc) is 1.70. The number of aromatic nitrogens is 2. The number of carbonyl (C=O) groups excluding carboxylic acids is 4. The van der Waals surface area contributed by atoms with Gasteiger partial charge in [-0.25, -0.2) is 9.36 Å². The van der Waals surface area contributed by atoms with Gasteiger partial charge in [0.25, 0.3) is 0 Å². The molecule has 0 spiro atoms. The Morgan fingerprint density at radius 3 is 2.04 bits per heavy atom. The van der Waals surface area contributed by atoms with Crippen LogP contribution in [0.2, 0.25) is 19.1 Å². The number of nitrogens with one attached hydrogen (secondary N) is 7. The van der Waals surface area contributed by atoms with Crippen LogP contribution in [-0.2, 0) is 67.6 Å². The van der Waals surface area contributed by atoms with Crippen LogP contribution in [0, 0.1) is 34.5 Å². The SMILES string of the molecule is [3H][Sn][O]CC1OC(n2ccc(NCCCCCCNC(=O)CCCCNC(=O)CCCCCNC(=O)CCCCC3SCC4NC(=O)NC43)nc2=O)CC1OP(=O)(OCCC#N)OCC1OC([3H])CC1OP(=O)(OCCC#N)OCCCNCCC[Si](C)(C)OC(C)(C(C)C)C(C)CC. The van der Waals surface area contributed by atoms with Crippen LogP contribution in [0.25, 0.3) is 0 Å². The number of fused-ring (bicyclic) bond motifs is 1. The number of unbranched alkanes of at least 4 members (excludes halogenated alkanes) is 7.